The van der Waals surface area contributed by atoms with Crippen LogP contribution in [0.15, 0.2) is 29.0 Å². The maximum absolute atomic E-state index is 12.1. The van der Waals surface area contributed by atoms with Crippen molar-refractivity contribution >= 4 is 62.4 Å². The zero-order valence-corrected chi connectivity index (χ0v) is 15.3. The van der Waals surface area contributed by atoms with Crippen molar-refractivity contribution < 1.29 is 15.0 Å². The zero-order chi connectivity index (χ0) is 14.7. The highest BCUT2D eigenvalue weighted by Crippen LogP contribution is 2.27. The molecule has 1 aromatic carbocycles. The molecule has 20 heavy (non-hydrogen) atoms. The van der Waals surface area contributed by atoms with Crippen LogP contribution in [0.2, 0.25) is 0 Å². The minimum atomic E-state index is -0.741. The standard InChI is InChI=1S/C13H11I2NO3S/c14-8-3-9(12(18)10(15)4-8)13(19)16-5-11(17)7-1-2-20-6-7/h1-4,6,11,17-18H,5H2,(H,16,19). The van der Waals surface area contributed by atoms with E-state index in [9.17, 15) is 15.0 Å². The number of carbonyl (C=O) groups is 1. The normalized spacial score (nSPS) is 12.2. The Morgan fingerprint density at radius 2 is 2.15 bits per heavy atom. The predicted molar refractivity (Wildman–Crippen MR) is 95.2 cm³/mol. The van der Waals surface area contributed by atoms with Crippen LogP contribution >= 0.6 is 56.5 Å². The average molecular weight is 515 g/mol. The highest BCUT2D eigenvalue weighted by atomic mass is 127. The molecule has 0 radical (unpaired) electrons. The Kier molecular flexibility index (Phi) is 5.64. The Morgan fingerprint density at radius 1 is 1.40 bits per heavy atom. The van der Waals surface area contributed by atoms with Crippen molar-refractivity contribution in [3.63, 3.8) is 0 Å². The van der Waals surface area contributed by atoms with E-state index in [1.165, 1.54) is 11.3 Å². The summed E-state index contributed by atoms with van der Waals surface area (Å²) in [5.41, 5.74) is 0.996. The summed E-state index contributed by atoms with van der Waals surface area (Å²) in [4.78, 5) is 12.1. The quantitative estimate of drug-likeness (QED) is 0.549. The van der Waals surface area contributed by atoms with E-state index >= 15 is 0 Å². The lowest BCUT2D eigenvalue weighted by Gasteiger charge is -2.12. The number of aliphatic hydroxyl groups excluding tert-OH is 1. The number of phenols is 1. The van der Waals surface area contributed by atoms with Crippen LogP contribution in [0.5, 0.6) is 5.75 Å². The molecule has 0 aliphatic carbocycles. The summed E-state index contributed by atoms with van der Waals surface area (Å²) in [6.45, 7) is 0.108. The molecule has 1 atom stereocenters. The molecule has 7 heteroatoms. The molecule has 4 nitrogen and oxygen atoms in total. The van der Waals surface area contributed by atoms with Crippen molar-refractivity contribution in [2.75, 3.05) is 6.54 Å². The van der Waals surface area contributed by atoms with Crippen LogP contribution in [-0.4, -0.2) is 22.7 Å². The van der Waals surface area contributed by atoms with Crippen molar-refractivity contribution in [1.29, 1.82) is 0 Å². The summed E-state index contributed by atoms with van der Waals surface area (Å²) in [7, 11) is 0. The van der Waals surface area contributed by atoms with Gasteiger partial charge in [0, 0.05) is 10.1 Å². The van der Waals surface area contributed by atoms with E-state index in [0.29, 0.717) is 3.57 Å². The summed E-state index contributed by atoms with van der Waals surface area (Å²) >= 11 is 5.55. The number of aromatic hydroxyl groups is 1. The number of rotatable bonds is 4. The Balaban J connectivity index is 2.06. The number of aliphatic hydroxyl groups is 1. The molecule has 2 rings (SSSR count). The Labute approximate surface area is 147 Å². The Hall–Kier alpha value is -0.390. The van der Waals surface area contributed by atoms with E-state index in [-0.39, 0.29) is 17.9 Å². The molecule has 1 unspecified atom stereocenters. The van der Waals surface area contributed by atoms with Crippen LogP contribution < -0.4 is 5.32 Å². The van der Waals surface area contributed by atoms with Gasteiger partial charge in [-0.2, -0.15) is 11.3 Å². The van der Waals surface area contributed by atoms with Gasteiger partial charge >= 0.3 is 0 Å². The molecule has 1 heterocycles. The van der Waals surface area contributed by atoms with Gasteiger partial charge in [0.2, 0.25) is 0 Å². The fourth-order valence-corrected chi connectivity index (χ4v) is 4.16. The van der Waals surface area contributed by atoms with E-state index in [1.54, 1.807) is 12.1 Å². The smallest absolute Gasteiger partial charge is 0.255 e. The second-order valence-electron chi connectivity index (χ2n) is 4.07. The first kappa shape index (κ1) is 16.0. The lowest BCUT2D eigenvalue weighted by atomic mass is 10.1. The first-order valence-corrected chi connectivity index (χ1v) is 8.75. The molecule has 3 N–H and O–H groups in total. The zero-order valence-electron chi connectivity index (χ0n) is 10.1. The van der Waals surface area contributed by atoms with Crippen molar-refractivity contribution in [2.45, 2.75) is 6.10 Å². The number of nitrogens with one attached hydrogen (secondary N) is 1. The van der Waals surface area contributed by atoms with E-state index in [0.717, 1.165) is 9.13 Å². The van der Waals surface area contributed by atoms with E-state index in [1.807, 2.05) is 39.4 Å². The Morgan fingerprint density at radius 3 is 2.80 bits per heavy atom. The molecule has 0 fully saturated rings. The molecule has 0 saturated heterocycles. The van der Waals surface area contributed by atoms with Crippen molar-refractivity contribution in [3.8, 4) is 5.75 Å². The van der Waals surface area contributed by atoms with Crippen LogP contribution in [0, 0.1) is 7.14 Å². The molecule has 0 spiro atoms. The van der Waals surface area contributed by atoms with Gasteiger partial charge in [-0.3, -0.25) is 4.79 Å². The first-order valence-electron chi connectivity index (χ1n) is 5.65. The lowest BCUT2D eigenvalue weighted by molar-refractivity contribution is 0.0913. The van der Waals surface area contributed by atoms with Gasteiger partial charge < -0.3 is 15.5 Å². The van der Waals surface area contributed by atoms with Gasteiger partial charge in [0.1, 0.15) is 5.75 Å². The van der Waals surface area contributed by atoms with E-state index in [2.05, 4.69) is 27.9 Å². The minimum absolute atomic E-state index is 0.0338. The first-order chi connectivity index (χ1) is 9.49. The van der Waals surface area contributed by atoms with Crippen molar-refractivity contribution in [3.05, 3.63) is 47.2 Å². The van der Waals surface area contributed by atoms with Gasteiger partial charge in [0.25, 0.3) is 5.91 Å². The largest absolute Gasteiger partial charge is 0.506 e. The molecule has 1 amide bonds. The van der Waals surface area contributed by atoms with Gasteiger partial charge in [-0.15, -0.1) is 0 Å². The van der Waals surface area contributed by atoms with Crippen molar-refractivity contribution in [1.82, 2.24) is 5.32 Å². The summed E-state index contributed by atoms with van der Waals surface area (Å²) in [6.07, 6.45) is -0.741. The summed E-state index contributed by atoms with van der Waals surface area (Å²) in [6, 6.07) is 5.21. The maximum Gasteiger partial charge on any atom is 0.255 e. The SMILES string of the molecule is O=C(NCC(O)c1ccsc1)c1cc(I)cc(I)c1O. The highest BCUT2D eigenvalue weighted by molar-refractivity contribution is 14.1. The second kappa shape index (κ2) is 7.05. The molecule has 0 aliphatic rings. The number of hydrogen-bond acceptors (Lipinski definition) is 4. The van der Waals surface area contributed by atoms with Crippen LogP contribution in [0.25, 0.3) is 0 Å². The monoisotopic (exact) mass is 515 g/mol. The molecule has 0 bridgehead atoms. The number of halogens is 2. The topological polar surface area (TPSA) is 69.6 Å². The summed E-state index contributed by atoms with van der Waals surface area (Å²) in [5.74, 6) is -0.429. The van der Waals surface area contributed by atoms with Gasteiger partial charge in [-0.1, -0.05) is 0 Å². The molecular formula is C13H11I2NO3S. The predicted octanol–water partition coefficient (Wildman–Crippen LogP) is 3.13. The van der Waals surface area contributed by atoms with Gasteiger partial charge in [-0.25, -0.2) is 0 Å². The summed E-state index contributed by atoms with van der Waals surface area (Å²) in [5, 5.41) is 26.2. The average Bonchev–Trinajstić information content (AvgIpc) is 2.93. The van der Waals surface area contributed by atoms with Gasteiger partial charge in [-0.05, 0) is 79.7 Å². The number of amides is 1. The Bertz CT molecular complexity index is 616. The number of carbonyl (C=O) groups excluding carboxylic acids is 1. The maximum atomic E-state index is 12.1. The minimum Gasteiger partial charge on any atom is -0.506 e. The van der Waals surface area contributed by atoms with Gasteiger partial charge in [0.05, 0.1) is 15.2 Å². The van der Waals surface area contributed by atoms with Crippen LogP contribution in [0.3, 0.4) is 0 Å². The number of thiophene rings is 1. The fraction of sp³-hybridized carbons (Fsp3) is 0.154. The number of hydrogen-bond donors (Lipinski definition) is 3. The van der Waals surface area contributed by atoms with Crippen LogP contribution in [-0.2, 0) is 0 Å². The molecule has 0 aliphatic heterocycles. The van der Waals surface area contributed by atoms with E-state index in [4.69, 9.17) is 0 Å². The number of benzene rings is 1. The third-order valence-electron chi connectivity index (χ3n) is 2.66. The van der Waals surface area contributed by atoms with Crippen molar-refractivity contribution in [2.24, 2.45) is 0 Å². The van der Waals surface area contributed by atoms with Gasteiger partial charge in [0.15, 0.2) is 0 Å². The van der Waals surface area contributed by atoms with Crippen LogP contribution in [0.1, 0.15) is 22.0 Å². The molecular weight excluding hydrogens is 504 g/mol. The van der Waals surface area contributed by atoms with E-state index < -0.39 is 12.0 Å². The third-order valence-corrected chi connectivity index (χ3v) is 4.80. The summed E-state index contributed by atoms with van der Waals surface area (Å²) < 4.78 is 1.49. The third kappa shape index (κ3) is 3.83. The van der Waals surface area contributed by atoms with Crippen LogP contribution in [0.4, 0.5) is 0 Å². The molecule has 0 saturated carbocycles. The highest BCUT2D eigenvalue weighted by Gasteiger charge is 2.16. The number of phenolic OH excluding ortho intramolecular Hbond substituents is 1. The molecule has 106 valence electrons. The second-order valence-corrected chi connectivity index (χ2v) is 7.25. The molecule has 2 aromatic rings. The lowest BCUT2D eigenvalue weighted by Crippen LogP contribution is -2.28. The molecule has 1 aromatic heterocycles. The fourth-order valence-electron chi connectivity index (χ4n) is 1.61.